The van der Waals surface area contributed by atoms with Crippen LogP contribution in [-0.4, -0.2) is 15.0 Å². The van der Waals surface area contributed by atoms with Crippen molar-refractivity contribution in [1.82, 2.24) is 15.0 Å². The molecule has 0 bridgehead atoms. The second kappa shape index (κ2) is 13.2. The molecule has 0 saturated carbocycles. The van der Waals surface area contributed by atoms with Gasteiger partial charge in [-0.2, -0.15) is 0 Å². The fourth-order valence-corrected chi connectivity index (χ4v) is 9.82. The van der Waals surface area contributed by atoms with E-state index < -0.39 is 5.41 Å². The molecule has 2 aliphatic rings. The number of nitrogens with zero attached hydrogens (tertiary/aromatic N) is 3. The van der Waals surface area contributed by atoms with Crippen molar-refractivity contribution in [3.8, 4) is 67.5 Å². The van der Waals surface area contributed by atoms with Crippen LogP contribution in [0.1, 0.15) is 22.3 Å². The van der Waals surface area contributed by atoms with E-state index in [1.165, 1.54) is 54.3 Å². The summed E-state index contributed by atoms with van der Waals surface area (Å²) in [5.74, 6) is 1.94. The highest BCUT2D eigenvalue weighted by Gasteiger charge is 2.50. The van der Waals surface area contributed by atoms with Gasteiger partial charge in [-0.15, -0.1) is 0 Å². The second-order valence-corrected chi connectivity index (χ2v) is 15.4. The predicted octanol–water partition coefficient (Wildman–Crippen LogP) is 13.0. The lowest BCUT2D eigenvalue weighted by atomic mass is 9.67. The van der Waals surface area contributed by atoms with Crippen molar-refractivity contribution < 1.29 is 0 Å². The van der Waals surface area contributed by atoms with Crippen LogP contribution in [0, 0.1) is 0 Å². The molecule has 1 spiro atoms. The Labute approximate surface area is 330 Å². The molecule has 1 aliphatic heterocycles. The van der Waals surface area contributed by atoms with Gasteiger partial charge in [-0.1, -0.05) is 194 Å². The second-order valence-electron chi connectivity index (χ2n) is 14.3. The summed E-state index contributed by atoms with van der Waals surface area (Å²) >= 11 is 1.84. The minimum atomic E-state index is -0.479. The van der Waals surface area contributed by atoms with Crippen LogP contribution in [0.3, 0.4) is 0 Å². The molecule has 0 amide bonds. The molecule has 3 nitrogen and oxygen atoms in total. The monoisotopic (exact) mass is 731 g/mol. The lowest BCUT2D eigenvalue weighted by Crippen LogP contribution is -2.32. The number of hydrogen-bond donors (Lipinski definition) is 0. The van der Waals surface area contributed by atoms with Crippen molar-refractivity contribution in [1.29, 1.82) is 0 Å². The summed E-state index contributed by atoms with van der Waals surface area (Å²) in [5.41, 5.74) is 14.8. The van der Waals surface area contributed by atoms with Crippen LogP contribution < -0.4 is 0 Å². The average molecular weight is 732 g/mol. The van der Waals surface area contributed by atoms with Crippen LogP contribution in [0.15, 0.2) is 210 Å². The molecule has 9 aromatic rings. The largest absolute Gasteiger partial charge is 0.208 e. The van der Waals surface area contributed by atoms with Gasteiger partial charge in [0.05, 0.1) is 5.41 Å². The molecule has 0 N–H and O–H groups in total. The van der Waals surface area contributed by atoms with E-state index in [9.17, 15) is 0 Å². The van der Waals surface area contributed by atoms with Gasteiger partial charge in [-0.25, -0.2) is 15.0 Å². The smallest absolute Gasteiger partial charge is 0.164 e. The van der Waals surface area contributed by atoms with Gasteiger partial charge in [0.2, 0.25) is 0 Å². The molecule has 1 aromatic heterocycles. The van der Waals surface area contributed by atoms with E-state index in [2.05, 4.69) is 176 Å². The van der Waals surface area contributed by atoms with Crippen LogP contribution in [-0.2, 0) is 5.41 Å². The van der Waals surface area contributed by atoms with E-state index in [4.69, 9.17) is 15.0 Å². The molecule has 262 valence electrons. The van der Waals surface area contributed by atoms with Gasteiger partial charge < -0.3 is 0 Å². The normalized spacial score (nSPS) is 13.1. The Morgan fingerprint density at radius 2 is 0.661 bits per heavy atom. The molecule has 0 fully saturated rings. The van der Waals surface area contributed by atoms with Crippen molar-refractivity contribution in [2.75, 3.05) is 0 Å². The fraction of sp³-hybridized carbons (Fsp3) is 0.0192. The maximum atomic E-state index is 5.21. The third-order valence-corrected chi connectivity index (χ3v) is 12.4. The molecule has 56 heavy (non-hydrogen) atoms. The molecule has 0 saturated heterocycles. The summed E-state index contributed by atoms with van der Waals surface area (Å²) in [5, 5.41) is 0. The molecule has 8 aromatic carbocycles. The molecular formula is C52H33N3S. The number of hydrogen-bond acceptors (Lipinski definition) is 4. The first kappa shape index (κ1) is 32.5. The minimum absolute atomic E-state index is 0.479. The molecule has 2 heterocycles. The zero-order chi connectivity index (χ0) is 37.1. The fourth-order valence-electron chi connectivity index (χ4n) is 8.64. The SMILES string of the molecule is c1ccc(-c2ccc(-c3ccc(-c4nc(-c5ccccc5)nc(-c5ccc6c(c5)C5(c7ccccc7S6)c6ccccc6-c6ccccc65)n4)cc3)cc2)cc1. The van der Waals surface area contributed by atoms with Gasteiger partial charge in [0, 0.05) is 26.5 Å². The van der Waals surface area contributed by atoms with Crippen LogP contribution in [0.25, 0.3) is 67.5 Å². The highest BCUT2D eigenvalue weighted by molar-refractivity contribution is 7.99. The standard InChI is InChI=1S/C52H33N3S/c1-3-13-34(14-4-1)35-23-25-36(26-24-35)37-27-29-39(30-28-37)50-53-49(38-15-5-2-6-16-38)54-51(55-50)40-31-32-48-46(33-40)52(45-21-11-12-22-47(45)56-48)43-19-9-7-17-41(43)42-18-8-10-20-44(42)52/h1-33H. The summed E-state index contributed by atoms with van der Waals surface area (Å²) in [7, 11) is 0. The predicted molar refractivity (Wildman–Crippen MR) is 228 cm³/mol. The van der Waals surface area contributed by atoms with Crippen molar-refractivity contribution >= 4 is 11.8 Å². The lowest BCUT2D eigenvalue weighted by molar-refractivity contribution is 0.722. The maximum absolute atomic E-state index is 5.21. The Kier molecular flexibility index (Phi) is 7.64. The van der Waals surface area contributed by atoms with E-state index in [1.54, 1.807) is 0 Å². The number of aromatic nitrogens is 3. The third-order valence-electron chi connectivity index (χ3n) is 11.2. The van der Waals surface area contributed by atoms with Gasteiger partial charge in [-0.05, 0) is 73.8 Å². The Morgan fingerprint density at radius 1 is 0.286 bits per heavy atom. The number of fused-ring (bicyclic) bond motifs is 9. The van der Waals surface area contributed by atoms with Gasteiger partial charge in [-0.3, -0.25) is 0 Å². The van der Waals surface area contributed by atoms with Crippen LogP contribution >= 0.6 is 11.8 Å². The zero-order valence-electron chi connectivity index (χ0n) is 30.3. The lowest BCUT2D eigenvalue weighted by Gasteiger charge is -2.39. The summed E-state index contributed by atoms with van der Waals surface area (Å²) in [6.45, 7) is 0. The van der Waals surface area contributed by atoms with Crippen molar-refractivity contribution in [2.45, 2.75) is 15.2 Å². The molecule has 1 aliphatic carbocycles. The van der Waals surface area contributed by atoms with Crippen molar-refractivity contribution in [3.63, 3.8) is 0 Å². The van der Waals surface area contributed by atoms with Crippen molar-refractivity contribution in [2.24, 2.45) is 0 Å². The first-order valence-electron chi connectivity index (χ1n) is 18.9. The summed E-state index contributed by atoms with van der Waals surface area (Å²) in [6, 6.07) is 71.5. The molecule has 0 radical (unpaired) electrons. The first-order valence-corrected chi connectivity index (χ1v) is 19.8. The summed E-state index contributed by atoms with van der Waals surface area (Å²) in [6.07, 6.45) is 0. The highest BCUT2D eigenvalue weighted by Crippen LogP contribution is 2.62. The Balaban J connectivity index is 1.05. The molecule has 4 heteroatoms. The number of benzene rings is 8. The van der Waals surface area contributed by atoms with Gasteiger partial charge in [0.1, 0.15) is 0 Å². The average Bonchev–Trinajstić information content (AvgIpc) is 3.57. The van der Waals surface area contributed by atoms with Gasteiger partial charge >= 0.3 is 0 Å². The van der Waals surface area contributed by atoms with E-state index >= 15 is 0 Å². The molecule has 0 unspecified atom stereocenters. The first-order chi connectivity index (χ1) is 27.7. The minimum Gasteiger partial charge on any atom is -0.208 e. The zero-order valence-corrected chi connectivity index (χ0v) is 31.1. The molecule has 11 rings (SSSR count). The molecular weight excluding hydrogens is 699 g/mol. The quantitative estimate of drug-likeness (QED) is 0.177. The molecule has 0 atom stereocenters. The Bertz CT molecular complexity index is 2880. The third kappa shape index (κ3) is 5.18. The van der Waals surface area contributed by atoms with E-state index in [-0.39, 0.29) is 0 Å². The maximum Gasteiger partial charge on any atom is 0.164 e. The van der Waals surface area contributed by atoms with Crippen LogP contribution in [0.2, 0.25) is 0 Å². The van der Waals surface area contributed by atoms with Crippen LogP contribution in [0.5, 0.6) is 0 Å². The van der Waals surface area contributed by atoms with Gasteiger partial charge in [0.25, 0.3) is 0 Å². The highest BCUT2D eigenvalue weighted by atomic mass is 32.2. The Hall–Kier alpha value is -6.88. The van der Waals surface area contributed by atoms with Gasteiger partial charge in [0.15, 0.2) is 17.5 Å². The van der Waals surface area contributed by atoms with E-state index in [0.717, 1.165) is 27.8 Å². The topological polar surface area (TPSA) is 38.7 Å². The van der Waals surface area contributed by atoms with E-state index in [1.807, 2.05) is 36.0 Å². The summed E-state index contributed by atoms with van der Waals surface area (Å²) < 4.78 is 0. The van der Waals surface area contributed by atoms with Crippen LogP contribution in [0.4, 0.5) is 0 Å². The van der Waals surface area contributed by atoms with Crippen molar-refractivity contribution in [3.05, 3.63) is 222 Å². The Morgan fingerprint density at radius 3 is 1.23 bits per heavy atom. The summed E-state index contributed by atoms with van der Waals surface area (Å²) in [4.78, 5) is 18.0. The number of rotatable bonds is 5. The van der Waals surface area contributed by atoms with E-state index in [0.29, 0.717) is 17.5 Å².